The first-order chi connectivity index (χ1) is 13.1. The number of carboxylic acids is 1. The van der Waals surface area contributed by atoms with Crippen LogP contribution in [0.15, 0.2) is 48.5 Å². The lowest BCUT2D eigenvalue weighted by Gasteiger charge is -2.29. The van der Waals surface area contributed by atoms with Gasteiger partial charge in [0.25, 0.3) is 0 Å². The maximum atomic E-state index is 13.0. The first kappa shape index (κ1) is 21.8. The van der Waals surface area contributed by atoms with Gasteiger partial charge in [0.05, 0.1) is 0 Å². The Bertz CT molecular complexity index is 826. The number of carbonyl (C=O) groups is 2. The third-order valence-electron chi connectivity index (χ3n) is 3.54. The van der Waals surface area contributed by atoms with Gasteiger partial charge in [-0.2, -0.15) is 13.2 Å². The van der Waals surface area contributed by atoms with Crippen molar-refractivity contribution in [1.29, 1.82) is 0 Å². The van der Waals surface area contributed by atoms with E-state index in [1.165, 1.54) is 6.07 Å². The van der Waals surface area contributed by atoms with E-state index in [-0.39, 0.29) is 27.1 Å². The molecule has 0 saturated heterocycles. The van der Waals surface area contributed by atoms with Crippen LogP contribution < -0.4 is 0 Å². The third kappa shape index (κ3) is 6.31. The fourth-order valence-corrected chi connectivity index (χ4v) is 2.99. The van der Waals surface area contributed by atoms with E-state index in [1.807, 2.05) is 0 Å². The van der Waals surface area contributed by atoms with E-state index in [4.69, 9.17) is 27.9 Å². The van der Waals surface area contributed by atoms with Crippen LogP contribution >= 0.6 is 23.2 Å². The summed E-state index contributed by atoms with van der Waals surface area (Å²) < 4.78 is 44.0. The van der Waals surface area contributed by atoms with Crippen molar-refractivity contribution in [2.75, 3.05) is 6.54 Å². The van der Waals surface area contributed by atoms with Crippen LogP contribution in [0.25, 0.3) is 0 Å². The number of rotatable bonds is 6. The van der Waals surface area contributed by atoms with Gasteiger partial charge in [0, 0.05) is 10.0 Å². The lowest BCUT2D eigenvalue weighted by molar-refractivity contribution is -0.159. The van der Waals surface area contributed by atoms with Gasteiger partial charge in [0.2, 0.25) is 0 Å². The summed E-state index contributed by atoms with van der Waals surface area (Å²) in [5.74, 6) is -1.70. The quantitative estimate of drug-likeness (QED) is 0.666. The zero-order valence-corrected chi connectivity index (χ0v) is 15.6. The summed E-state index contributed by atoms with van der Waals surface area (Å²) in [6, 6.07) is 9.77. The summed E-state index contributed by atoms with van der Waals surface area (Å²) in [6.07, 6.45) is -6.30. The van der Waals surface area contributed by atoms with Gasteiger partial charge in [0.1, 0.15) is 13.2 Å². The number of carbonyl (C=O) groups excluding carboxylic acids is 1. The second-order valence-electron chi connectivity index (χ2n) is 5.73. The predicted octanol–water partition coefficient (Wildman–Crippen LogP) is 5.32. The van der Waals surface area contributed by atoms with Crippen molar-refractivity contribution >= 4 is 35.3 Å². The number of carboxylic acid groups (broad SMARTS) is 1. The molecule has 0 spiro atoms. The molecule has 0 radical (unpaired) electrons. The van der Waals surface area contributed by atoms with Crippen molar-refractivity contribution in [3.05, 3.63) is 69.7 Å². The summed E-state index contributed by atoms with van der Waals surface area (Å²) in [5.41, 5.74) is 0.339. The Morgan fingerprint density at radius 3 is 2.14 bits per heavy atom. The molecular weight excluding hydrogens is 422 g/mol. The topological polar surface area (TPSA) is 66.8 Å². The number of hydrogen-bond donors (Lipinski definition) is 1. The lowest BCUT2D eigenvalue weighted by Crippen LogP contribution is -2.44. The molecular formula is C18H14Cl2F3NO4. The smallest absolute Gasteiger partial charge is 0.411 e. The average Bonchev–Trinajstić information content (AvgIpc) is 2.57. The highest BCUT2D eigenvalue weighted by molar-refractivity contribution is 6.34. The molecule has 0 heterocycles. The van der Waals surface area contributed by atoms with Crippen LogP contribution in [0.2, 0.25) is 10.0 Å². The number of aliphatic carboxylic acids is 1. The molecule has 1 unspecified atom stereocenters. The maximum Gasteiger partial charge on any atom is 0.411 e. The van der Waals surface area contributed by atoms with Crippen LogP contribution in [0.1, 0.15) is 17.2 Å². The number of alkyl halides is 3. The van der Waals surface area contributed by atoms with E-state index < -0.39 is 30.8 Å². The second kappa shape index (κ2) is 9.16. The molecule has 0 fully saturated rings. The van der Waals surface area contributed by atoms with Crippen LogP contribution in [-0.2, 0) is 16.1 Å². The zero-order valence-electron chi connectivity index (χ0n) is 14.1. The van der Waals surface area contributed by atoms with Crippen LogP contribution in [0, 0.1) is 0 Å². The summed E-state index contributed by atoms with van der Waals surface area (Å²) in [7, 11) is 0. The number of amides is 1. The highest BCUT2D eigenvalue weighted by Gasteiger charge is 2.41. The SMILES string of the molecule is O=C(O)C(c1cc(Cl)cc(Cl)c1)N(CC(F)(F)F)C(=O)OCc1ccccc1. The number of halogens is 5. The first-order valence-corrected chi connectivity index (χ1v) is 8.55. The molecule has 1 N–H and O–H groups in total. The maximum absolute atomic E-state index is 13.0. The molecule has 0 aliphatic carbocycles. The van der Waals surface area contributed by atoms with Crippen molar-refractivity contribution in [2.24, 2.45) is 0 Å². The van der Waals surface area contributed by atoms with Crippen LogP contribution in [0.4, 0.5) is 18.0 Å². The molecule has 0 aliphatic rings. The van der Waals surface area contributed by atoms with Gasteiger partial charge in [0.15, 0.2) is 6.04 Å². The van der Waals surface area contributed by atoms with Gasteiger partial charge in [-0.25, -0.2) is 9.59 Å². The largest absolute Gasteiger partial charge is 0.479 e. The van der Waals surface area contributed by atoms with Crippen molar-refractivity contribution in [3.8, 4) is 0 Å². The Hall–Kier alpha value is -2.45. The standard InChI is InChI=1S/C18H14Cl2F3NO4/c19-13-6-12(7-14(20)8-13)15(16(25)26)24(10-18(21,22)23)17(27)28-9-11-4-2-1-3-5-11/h1-8,15H,9-10H2,(H,25,26). The van der Waals surface area contributed by atoms with E-state index in [2.05, 4.69) is 0 Å². The molecule has 1 amide bonds. The van der Waals surface area contributed by atoms with Gasteiger partial charge < -0.3 is 9.84 Å². The number of benzene rings is 2. The molecule has 2 rings (SSSR count). The summed E-state index contributed by atoms with van der Waals surface area (Å²) in [6.45, 7) is -2.15. The first-order valence-electron chi connectivity index (χ1n) is 7.79. The van der Waals surface area contributed by atoms with E-state index in [1.54, 1.807) is 30.3 Å². The zero-order chi connectivity index (χ0) is 20.9. The molecule has 28 heavy (non-hydrogen) atoms. The summed E-state index contributed by atoms with van der Waals surface area (Å²) >= 11 is 11.6. The van der Waals surface area contributed by atoms with Gasteiger partial charge in [-0.1, -0.05) is 53.5 Å². The fourth-order valence-electron chi connectivity index (χ4n) is 2.45. The van der Waals surface area contributed by atoms with Crippen LogP contribution in [0.5, 0.6) is 0 Å². The van der Waals surface area contributed by atoms with Crippen molar-refractivity contribution in [3.63, 3.8) is 0 Å². The molecule has 0 aromatic heterocycles. The van der Waals surface area contributed by atoms with Gasteiger partial charge in [-0.05, 0) is 29.3 Å². The third-order valence-corrected chi connectivity index (χ3v) is 3.97. The molecule has 1 atom stereocenters. The van der Waals surface area contributed by atoms with Crippen molar-refractivity contribution in [2.45, 2.75) is 18.8 Å². The Morgan fingerprint density at radius 1 is 1.07 bits per heavy atom. The van der Waals surface area contributed by atoms with E-state index in [9.17, 15) is 27.9 Å². The normalized spacial score (nSPS) is 12.3. The second-order valence-corrected chi connectivity index (χ2v) is 6.60. The molecule has 10 heteroatoms. The number of hydrogen-bond acceptors (Lipinski definition) is 3. The number of ether oxygens (including phenoxy) is 1. The average molecular weight is 436 g/mol. The molecule has 150 valence electrons. The predicted molar refractivity (Wildman–Crippen MR) is 96.2 cm³/mol. The monoisotopic (exact) mass is 435 g/mol. The Morgan fingerprint density at radius 2 is 1.64 bits per heavy atom. The highest BCUT2D eigenvalue weighted by Crippen LogP contribution is 2.31. The van der Waals surface area contributed by atoms with E-state index in [0.29, 0.717) is 5.56 Å². The van der Waals surface area contributed by atoms with Gasteiger partial charge >= 0.3 is 18.2 Å². The van der Waals surface area contributed by atoms with Crippen molar-refractivity contribution in [1.82, 2.24) is 4.90 Å². The van der Waals surface area contributed by atoms with Crippen LogP contribution in [-0.4, -0.2) is 34.8 Å². The minimum absolute atomic E-state index is 0.0124. The Balaban J connectivity index is 2.35. The Labute approximate surface area is 168 Å². The molecule has 0 bridgehead atoms. The highest BCUT2D eigenvalue weighted by atomic mass is 35.5. The van der Waals surface area contributed by atoms with E-state index >= 15 is 0 Å². The number of nitrogens with zero attached hydrogens (tertiary/aromatic N) is 1. The summed E-state index contributed by atoms with van der Waals surface area (Å²) in [4.78, 5) is 24.2. The van der Waals surface area contributed by atoms with Crippen molar-refractivity contribution < 1.29 is 32.6 Å². The molecule has 2 aromatic rings. The minimum Gasteiger partial charge on any atom is -0.479 e. The van der Waals surface area contributed by atoms with Gasteiger partial charge in [-0.15, -0.1) is 0 Å². The molecule has 2 aromatic carbocycles. The summed E-state index contributed by atoms with van der Waals surface area (Å²) in [5, 5.41) is 9.53. The van der Waals surface area contributed by atoms with Crippen LogP contribution in [0.3, 0.4) is 0 Å². The fraction of sp³-hybridized carbons (Fsp3) is 0.222. The molecule has 5 nitrogen and oxygen atoms in total. The Kier molecular flexibility index (Phi) is 7.15. The molecule has 0 aliphatic heterocycles. The van der Waals surface area contributed by atoms with E-state index in [0.717, 1.165) is 12.1 Å². The van der Waals surface area contributed by atoms with Gasteiger partial charge in [-0.3, -0.25) is 4.90 Å². The molecule has 0 saturated carbocycles. The lowest BCUT2D eigenvalue weighted by atomic mass is 10.1. The minimum atomic E-state index is -4.86.